The fraction of sp³-hybridized carbons (Fsp3) is 0. The topological polar surface area (TPSA) is 107 Å². The highest BCUT2D eigenvalue weighted by Crippen LogP contribution is 2.06. The Balaban J connectivity index is 2.74. The van der Waals surface area contributed by atoms with Crippen LogP contribution in [0.4, 0.5) is 0 Å². The van der Waals surface area contributed by atoms with E-state index in [0.717, 1.165) is 21.5 Å². The molecule has 2 rings (SSSR count). The number of nitrogen functional groups attached to an aromatic ring is 1. The fourth-order valence-corrected chi connectivity index (χ4v) is 1.51. The minimum atomic E-state index is -1.14. The number of nitrogens with two attached hydrogens (primary N) is 1. The Labute approximate surface area is 100 Å². The standard InChI is InChI=1S/C11H9N3O4/c12-13-5-4-9(15)14(11(13)18)8-3-1-2-7(6-8)10(16)17/h1-6H,12H2,(H,16,17). The Bertz CT molecular complexity index is 730. The Hall–Kier alpha value is -2.83. The molecule has 0 fully saturated rings. The first-order chi connectivity index (χ1) is 8.50. The zero-order valence-corrected chi connectivity index (χ0v) is 9.11. The maximum Gasteiger partial charge on any atom is 0.353 e. The molecule has 1 aromatic heterocycles. The lowest BCUT2D eigenvalue weighted by Crippen LogP contribution is -2.40. The molecule has 0 aliphatic carbocycles. The van der Waals surface area contributed by atoms with Gasteiger partial charge in [0.1, 0.15) is 0 Å². The molecule has 0 spiro atoms. The number of nitrogens with zero attached hydrogens (tertiary/aromatic N) is 2. The lowest BCUT2D eigenvalue weighted by molar-refractivity contribution is 0.0697. The summed E-state index contributed by atoms with van der Waals surface area (Å²) in [5.41, 5.74) is -1.19. The lowest BCUT2D eigenvalue weighted by atomic mass is 10.2. The third kappa shape index (κ3) is 1.88. The first kappa shape index (κ1) is 11.6. The highest BCUT2D eigenvalue weighted by molar-refractivity contribution is 5.88. The zero-order valence-electron chi connectivity index (χ0n) is 9.11. The van der Waals surface area contributed by atoms with Crippen molar-refractivity contribution in [3.05, 3.63) is 62.9 Å². The van der Waals surface area contributed by atoms with Crippen molar-refractivity contribution in [2.45, 2.75) is 0 Å². The highest BCUT2D eigenvalue weighted by atomic mass is 16.4. The SMILES string of the molecule is Nn1ccc(=O)n(-c2cccc(C(=O)O)c2)c1=O. The number of benzene rings is 1. The Morgan fingerprint density at radius 3 is 2.61 bits per heavy atom. The van der Waals surface area contributed by atoms with Gasteiger partial charge in [-0.1, -0.05) is 6.07 Å². The summed E-state index contributed by atoms with van der Waals surface area (Å²) in [5.74, 6) is 4.21. The van der Waals surface area contributed by atoms with Crippen LogP contribution in [0.3, 0.4) is 0 Å². The summed E-state index contributed by atoms with van der Waals surface area (Å²) in [7, 11) is 0. The van der Waals surface area contributed by atoms with Gasteiger partial charge in [0.25, 0.3) is 5.56 Å². The highest BCUT2D eigenvalue weighted by Gasteiger charge is 2.09. The average molecular weight is 247 g/mol. The van der Waals surface area contributed by atoms with Crippen molar-refractivity contribution in [1.82, 2.24) is 9.24 Å². The quantitative estimate of drug-likeness (QED) is 0.690. The molecule has 1 heterocycles. The summed E-state index contributed by atoms with van der Waals surface area (Å²) in [6.07, 6.45) is 1.14. The number of hydrogen-bond acceptors (Lipinski definition) is 4. The molecule has 0 aliphatic rings. The van der Waals surface area contributed by atoms with Gasteiger partial charge < -0.3 is 10.9 Å². The Morgan fingerprint density at radius 2 is 1.94 bits per heavy atom. The Morgan fingerprint density at radius 1 is 1.22 bits per heavy atom. The van der Waals surface area contributed by atoms with Crippen molar-refractivity contribution in [2.75, 3.05) is 5.84 Å². The molecular formula is C11H9N3O4. The van der Waals surface area contributed by atoms with E-state index in [4.69, 9.17) is 10.9 Å². The van der Waals surface area contributed by atoms with E-state index in [0.29, 0.717) is 0 Å². The van der Waals surface area contributed by atoms with Crippen molar-refractivity contribution in [3.8, 4) is 5.69 Å². The second kappa shape index (κ2) is 4.21. The van der Waals surface area contributed by atoms with Crippen LogP contribution in [0.15, 0.2) is 46.1 Å². The molecule has 0 unspecified atom stereocenters. The number of hydrogen-bond donors (Lipinski definition) is 2. The number of rotatable bonds is 2. The van der Waals surface area contributed by atoms with Gasteiger partial charge >= 0.3 is 11.7 Å². The van der Waals surface area contributed by atoms with E-state index in [1.165, 1.54) is 24.3 Å². The monoisotopic (exact) mass is 247 g/mol. The van der Waals surface area contributed by atoms with Crippen LogP contribution in [-0.4, -0.2) is 20.3 Å². The molecule has 0 atom stereocenters. The van der Waals surface area contributed by atoms with Crippen molar-refractivity contribution >= 4 is 5.97 Å². The van der Waals surface area contributed by atoms with E-state index in [1.54, 1.807) is 0 Å². The van der Waals surface area contributed by atoms with Gasteiger partial charge in [-0.3, -0.25) is 4.79 Å². The van der Waals surface area contributed by atoms with Crippen LogP contribution in [0.2, 0.25) is 0 Å². The second-order valence-corrected chi connectivity index (χ2v) is 3.53. The van der Waals surface area contributed by atoms with Crippen LogP contribution in [-0.2, 0) is 0 Å². The third-order valence-electron chi connectivity index (χ3n) is 2.36. The fourth-order valence-electron chi connectivity index (χ4n) is 1.51. The summed E-state index contributed by atoms with van der Waals surface area (Å²) in [5, 5.41) is 8.85. The predicted molar refractivity (Wildman–Crippen MR) is 63.4 cm³/mol. The van der Waals surface area contributed by atoms with E-state index in [1.807, 2.05) is 0 Å². The second-order valence-electron chi connectivity index (χ2n) is 3.53. The molecule has 0 amide bonds. The number of aromatic nitrogens is 2. The molecule has 2 aromatic rings. The number of carboxylic acids is 1. The lowest BCUT2D eigenvalue weighted by Gasteiger charge is -2.06. The van der Waals surface area contributed by atoms with Crippen LogP contribution >= 0.6 is 0 Å². The van der Waals surface area contributed by atoms with Gasteiger partial charge in [0.2, 0.25) is 0 Å². The minimum Gasteiger partial charge on any atom is -0.478 e. The predicted octanol–water partition coefficient (Wildman–Crippen LogP) is -0.589. The largest absolute Gasteiger partial charge is 0.478 e. The van der Waals surface area contributed by atoms with Crippen LogP contribution in [0.1, 0.15) is 10.4 Å². The summed E-state index contributed by atoms with van der Waals surface area (Å²) >= 11 is 0. The maximum absolute atomic E-state index is 11.7. The molecule has 7 heteroatoms. The van der Waals surface area contributed by atoms with Crippen LogP contribution in [0.25, 0.3) is 5.69 Å². The molecule has 1 aromatic carbocycles. The van der Waals surface area contributed by atoms with Crippen LogP contribution < -0.4 is 17.1 Å². The van der Waals surface area contributed by atoms with Gasteiger partial charge in [-0.05, 0) is 18.2 Å². The molecule has 0 aliphatic heterocycles. The zero-order chi connectivity index (χ0) is 13.3. The molecule has 0 saturated carbocycles. The van der Waals surface area contributed by atoms with E-state index in [-0.39, 0.29) is 11.3 Å². The molecule has 0 radical (unpaired) electrons. The summed E-state index contributed by atoms with van der Waals surface area (Å²) in [4.78, 5) is 34.2. The molecule has 92 valence electrons. The average Bonchev–Trinajstić information content (AvgIpc) is 2.35. The van der Waals surface area contributed by atoms with E-state index in [9.17, 15) is 14.4 Å². The van der Waals surface area contributed by atoms with Gasteiger partial charge in [-0.2, -0.15) is 0 Å². The summed E-state index contributed by atoms with van der Waals surface area (Å²) in [6, 6.07) is 6.61. The summed E-state index contributed by atoms with van der Waals surface area (Å²) in [6.45, 7) is 0. The number of aromatic carboxylic acids is 1. The van der Waals surface area contributed by atoms with Crippen molar-refractivity contribution in [1.29, 1.82) is 0 Å². The van der Waals surface area contributed by atoms with Crippen LogP contribution in [0.5, 0.6) is 0 Å². The smallest absolute Gasteiger partial charge is 0.353 e. The molecule has 18 heavy (non-hydrogen) atoms. The van der Waals surface area contributed by atoms with E-state index >= 15 is 0 Å². The van der Waals surface area contributed by atoms with Crippen molar-refractivity contribution in [2.24, 2.45) is 0 Å². The van der Waals surface area contributed by atoms with E-state index < -0.39 is 17.2 Å². The van der Waals surface area contributed by atoms with Gasteiger partial charge in [-0.25, -0.2) is 18.8 Å². The van der Waals surface area contributed by atoms with Crippen molar-refractivity contribution < 1.29 is 9.90 Å². The van der Waals surface area contributed by atoms with Gasteiger partial charge in [-0.15, -0.1) is 0 Å². The first-order valence-electron chi connectivity index (χ1n) is 4.94. The molecule has 0 saturated heterocycles. The van der Waals surface area contributed by atoms with Crippen molar-refractivity contribution in [3.63, 3.8) is 0 Å². The third-order valence-corrected chi connectivity index (χ3v) is 2.36. The molecular weight excluding hydrogens is 238 g/mol. The normalized spacial score (nSPS) is 10.2. The van der Waals surface area contributed by atoms with Gasteiger partial charge in [0.05, 0.1) is 11.3 Å². The first-order valence-corrected chi connectivity index (χ1v) is 4.94. The van der Waals surface area contributed by atoms with Crippen LogP contribution in [0, 0.1) is 0 Å². The number of carbonyl (C=O) groups is 1. The Kier molecular flexibility index (Phi) is 2.72. The molecule has 7 nitrogen and oxygen atoms in total. The van der Waals surface area contributed by atoms with E-state index in [2.05, 4.69) is 0 Å². The maximum atomic E-state index is 11.7. The summed E-state index contributed by atoms with van der Waals surface area (Å²) < 4.78 is 1.54. The van der Waals surface area contributed by atoms with Gasteiger partial charge in [0, 0.05) is 12.3 Å². The van der Waals surface area contributed by atoms with Gasteiger partial charge in [0.15, 0.2) is 0 Å². The molecule has 0 bridgehead atoms. The molecule has 3 N–H and O–H groups in total. The minimum absolute atomic E-state index is 0.0220. The number of carboxylic acid groups (broad SMARTS) is 1.